The molecule has 2 nitrogen and oxygen atoms in total. The zero-order chi connectivity index (χ0) is 9.52. The van der Waals surface area contributed by atoms with Crippen molar-refractivity contribution in [3.8, 4) is 0 Å². The monoisotopic (exact) mass is 202 g/mol. The van der Waals surface area contributed by atoms with Crippen molar-refractivity contribution in [2.75, 3.05) is 38.2 Å². The molecule has 1 fully saturated rings. The molecule has 0 aromatic rings. The number of hydrogen-bond donors (Lipinski definition) is 1. The lowest BCUT2D eigenvalue weighted by molar-refractivity contribution is 0.202. The Morgan fingerprint density at radius 3 is 2.62 bits per heavy atom. The van der Waals surface area contributed by atoms with Crippen molar-refractivity contribution in [1.82, 2.24) is 10.2 Å². The SMILES string of the molecule is CCCC(CNC)N1CCSCC1. The molecule has 1 saturated heterocycles. The lowest BCUT2D eigenvalue weighted by Crippen LogP contribution is -2.45. The molecule has 3 heteroatoms. The second kappa shape index (κ2) is 6.68. The summed E-state index contributed by atoms with van der Waals surface area (Å²) in [6.07, 6.45) is 2.64. The summed E-state index contributed by atoms with van der Waals surface area (Å²) < 4.78 is 0. The Morgan fingerprint density at radius 2 is 2.08 bits per heavy atom. The molecular formula is C10H22N2S. The van der Waals surface area contributed by atoms with Crippen LogP contribution >= 0.6 is 11.8 Å². The summed E-state index contributed by atoms with van der Waals surface area (Å²) in [5.41, 5.74) is 0. The van der Waals surface area contributed by atoms with Crippen LogP contribution in [0.5, 0.6) is 0 Å². The zero-order valence-electron chi connectivity index (χ0n) is 8.88. The van der Waals surface area contributed by atoms with E-state index in [1.807, 2.05) is 0 Å². The predicted octanol–water partition coefficient (Wildman–Crippen LogP) is 1.42. The molecule has 1 heterocycles. The van der Waals surface area contributed by atoms with E-state index in [0.29, 0.717) is 0 Å². The third-order valence-electron chi connectivity index (χ3n) is 2.62. The molecule has 1 atom stereocenters. The van der Waals surface area contributed by atoms with E-state index in [2.05, 4.69) is 35.9 Å². The van der Waals surface area contributed by atoms with E-state index < -0.39 is 0 Å². The maximum absolute atomic E-state index is 3.30. The van der Waals surface area contributed by atoms with Crippen molar-refractivity contribution in [2.24, 2.45) is 0 Å². The Morgan fingerprint density at radius 1 is 1.38 bits per heavy atom. The van der Waals surface area contributed by atoms with Gasteiger partial charge in [-0.2, -0.15) is 11.8 Å². The fourth-order valence-electron chi connectivity index (χ4n) is 1.93. The van der Waals surface area contributed by atoms with Gasteiger partial charge in [0.25, 0.3) is 0 Å². The third kappa shape index (κ3) is 3.88. The number of likely N-dealkylation sites (N-methyl/N-ethyl adjacent to an activating group) is 1. The van der Waals surface area contributed by atoms with Gasteiger partial charge in [0.05, 0.1) is 0 Å². The van der Waals surface area contributed by atoms with E-state index in [9.17, 15) is 0 Å². The number of nitrogens with one attached hydrogen (secondary N) is 1. The zero-order valence-corrected chi connectivity index (χ0v) is 9.70. The highest BCUT2D eigenvalue weighted by Crippen LogP contribution is 2.14. The molecular weight excluding hydrogens is 180 g/mol. The van der Waals surface area contributed by atoms with Crippen LogP contribution in [-0.2, 0) is 0 Å². The van der Waals surface area contributed by atoms with E-state index >= 15 is 0 Å². The van der Waals surface area contributed by atoms with Crippen LogP contribution in [0, 0.1) is 0 Å². The van der Waals surface area contributed by atoms with Crippen molar-refractivity contribution >= 4 is 11.8 Å². The topological polar surface area (TPSA) is 15.3 Å². The summed E-state index contributed by atoms with van der Waals surface area (Å²) in [6.45, 7) is 6.01. The summed E-state index contributed by atoms with van der Waals surface area (Å²) >= 11 is 2.09. The van der Waals surface area contributed by atoms with Crippen molar-refractivity contribution in [3.05, 3.63) is 0 Å². The molecule has 0 aromatic heterocycles. The van der Waals surface area contributed by atoms with Crippen molar-refractivity contribution in [2.45, 2.75) is 25.8 Å². The summed E-state index contributed by atoms with van der Waals surface area (Å²) in [4.78, 5) is 2.65. The van der Waals surface area contributed by atoms with E-state index in [0.717, 1.165) is 12.6 Å². The quantitative estimate of drug-likeness (QED) is 0.726. The second-order valence-electron chi connectivity index (χ2n) is 3.65. The molecule has 1 aliphatic heterocycles. The molecule has 0 bridgehead atoms. The minimum Gasteiger partial charge on any atom is -0.318 e. The van der Waals surface area contributed by atoms with Gasteiger partial charge in [-0.1, -0.05) is 13.3 Å². The Hall–Kier alpha value is 0.270. The summed E-state index contributed by atoms with van der Waals surface area (Å²) in [7, 11) is 2.06. The molecule has 0 spiro atoms. The van der Waals surface area contributed by atoms with Crippen LogP contribution in [0.2, 0.25) is 0 Å². The summed E-state index contributed by atoms with van der Waals surface area (Å²) in [5, 5.41) is 3.30. The maximum atomic E-state index is 3.30. The Kier molecular flexibility index (Phi) is 5.83. The van der Waals surface area contributed by atoms with E-state index in [1.54, 1.807) is 0 Å². The van der Waals surface area contributed by atoms with Crippen LogP contribution in [-0.4, -0.2) is 49.1 Å². The first kappa shape index (κ1) is 11.3. The molecule has 0 aromatic carbocycles. The van der Waals surface area contributed by atoms with Gasteiger partial charge in [-0.05, 0) is 13.5 Å². The van der Waals surface area contributed by atoms with Gasteiger partial charge in [0.15, 0.2) is 0 Å². The van der Waals surface area contributed by atoms with Crippen molar-refractivity contribution in [3.63, 3.8) is 0 Å². The van der Waals surface area contributed by atoms with Crippen LogP contribution in [0.3, 0.4) is 0 Å². The van der Waals surface area contributed by atoms with Crippen molar-refractivity contribution in [1.29, 1.82) is 0 Å². The molecule has 0 aliphatic carbocycles. The number of nitrogens with zero attached hydrogens (tertiary/aromatic N) is 1. The van der Waals surface area contributed by atoms with E-state index in [-0.39, 0.29) is 0 Å². The average Bonchev–Trinajstić information content (AvgIpc) is 2.19. The smallest absolute Gasteiger partial charge is 0.0221 e. The van der Waals surface area contributed by atoms with Gasteiger partial charge in [0, 0.05) is 37.2 Å². The lowest BCUT2D eigenvalue weighted by Gasteiger charge is -2.34. The van der Waals surface area contributed by atoms with E-state index in [1.165, 1.54) is 37.4 Å². The predicted molar refractivity (Wildman–Crippen MR) is 61.5 cm³/mol. The number of thioether (sulfide) groups is 1. The first-order valence-corrected chi connectivity index (χ1v) is 6.50. The molecule has 0 radical (unpaired) electrons. The highest BCUT2D eigenvalue weighted by molar-refractivity contribution is 7.99. The Balaban J connectivity index is 2.32. The first-order valence-electron chi connectivity index (χ1n) is 5.35. The molecule has 1 aliphatic rings. The van der Waals surface area contributed by atoms with Crippen LogP contribution in [0.25, 0.3) is 0 Å². The van der Waals surface area contributed by atoms with E-state index in [4.69, 9.17) is 0 Å². The molecule has 1 N–H and O–H groups in total. The summed E-state index contributed by atoms with van der Waals surface area (Å²) in [6, 6.07) is 0.774. The minimum absolute atomic E-state index is 0.774. The minimum atomic E-state index is 0.774. The molecule has 0 amide bonds. The van der Waals surface area contributed by atoms with Crippen LogP contribution in [0.1, 0.15) is 19.8 Å². The number of hydrogen-bond acceptors (Lipinski definition) is 3. The van der Waals surface area contributed by atoms with Crippen LogP contribution < -0.4 is 5.32 Å². The number of rotatable bonds is 5. The fraction of sp³-hybridized carbons (Fsp3) is 1.00. The molecule has 0 saturated carbocycles. The normalized spacial score (nSPS) is 21.7. The van der Waals surface area contributed by atoms with Crippen LogP contribution in [0.15, 0.2) is 0 Å². The Labute approximate surface area is 86.5 Å². The first-order chi connectivity index (χ1) is 6.38. The van der Waals surface area contributed by atoms with Gasteiger partial charge in [0.2, 0.25) is 0 Å². The maximum Gasteiger partial charge on any atom is 0.0221 e. The summed E-state index contributed by atoms with van der Waals surface area (Å²) in [5.74, 6) is 2.65. The van der Waals surface area contributed by atoms with Crippen molar-refractivity contribution < 1.29 is 0 Å². The molecule has 1 unspecified atom stereocenters. The van der Waals surface area contributed by atoms with Gasteiger partial charge in [-0.3, -0.25) is 4.90 Å². The standard InChI is InChI=1S/C10H22N2S/c1-3-4-10(9-11-2)12-5-7-13-8-6-12/h10-11H,3-9H2,1-2H3. The fourth-order valence-corrected chi connectivity index (χ4v) is 2.86. The van der Waals surface area contributed by atoms with Gasteiger partial charge in [0.1, 0.15) is 0 Å². The molecule has 78 valence electrons. The highest BCUT2D eigenvalue weighted by atomic mass is 32.2. The molecule has 13 heavy (non-hydrogen) atoms. The van der Waals surface area contributed by atoms with Gasteiger partial charge in [-0.25, -0.2) is 0 Å². The van der Waals surface area contributed by atoms with Crippen LogP contribution in [0.4, 0.5) is 0 Å². The second-order valence-corrected chi connectivity index (χ2v) is 4.87. The van der Waals surface area contributed by atoms with Gasteiger partial charge < -0.3 is 5.32 Å². The average molecular weight is 202 g/mol. The molecule has 1 rings (SSSR count). The highest BCUT2D eigenvalue weighted by Gasteiger charge is 2.18. The third-order valence-corrected chi connectivity index (χ3v) is 3.57. The lowest BCUT2D eigenvalue weighted by atomic mass is 10.1. The van der Waals surface area contributed by atoms with Gasteiger partial charge in [-0.15, -0.1) is 0 Å². The largest absolute Gasteiger partial charge is 0.318 e. The Bertz CT molecular complexity index is 118. The van der Waals surface area contributed by atoms with Gasteiger partial charge >= 0.3 is 0 Å².